The van der Waals surface area contributed by atoms with Crippen LogP contribution in [0.4, 0.5) is 65.9 Å². The molecule has 3 unspecified atom stereocenters. The van der Waals surface area contributed by atoms with Gasteiger partial charge in [0.05, 0.1) is 0 Å². The van der Waals surface area contributed by atoms with Gasteiger partial charge >= 0.3 is 36.3 Å². The SMILES string of the molecule is OC(C(F)(F)C(F)(F)F)C(O)(C(O)C(F)(F)C(F)(F)C(F)(F)F)C(F)(F)F. The molecule has 0 amide bonds. The van der Waals surface area contributed by atoms with Gasteiger partial charge < -0.3 is 15.3 Å². The third kappa shape index (κ3) is 3.74. The van der Waals surface area contributed by atoms with Gasteiger partial charge in [-0.2, -0.15) is 65.9 Å². The van der Waals surface area contributed by atoms with Crippen molar-refractivity contribution in [2.45, 2.75) is 54.1 Å². The molecule has 0 rings (SSSR count). The molecule has 0 aliphatic carbocycles. The topological polar surface area (TPSA) is 60.7 Å². The lowest BCUT2D eigenvalue weighted by atomic mass is 9.80. The summed E-state index contributed by atoms with van der Waals surface area (Å²) >= 11 is 0. The standard InChI is InChI=1S/C9H5F15O3/c10-4(11,6(14,15)9(22,23)24)1(25)3(27,7(16,17)18)2(26)5(12,13)8(19,20)21/h1-2,25-27H. The van der Waals surface area contributed by atoms with Crippen LogP contribution in [0.1, 0.15) is 0 Å². The molecule has 3 atom stereocenters. The molecule has 0 aliphatic rings. The highest BCUT2D eigenvalue weighted by molar-refractivity contribution is 5.13. The van der Waals surface area contributed by atoms with Crippen LogP contribution in [0.25, 0.3) is 0 Å². The van der Waals surface area contributed by atoms with Gasteiger partial charge in [-0.05, 0) is 0 Å². The number of rotatable bonds is 5. The fourth-order valence-electron chi connectivity index (χ4n) is 1.53. The first-order valence-corrected chi connectivity index (χ1v) is 5.73. The van der Waals surface area contributed by atoms with Gasteiger partial charge in [-0.25, -0.2) is 0 Å². The smallest absolute Gasteiger partial charge is 0.383 e. The predicted molar refractivity (Wildman–Crippen MR) is 50.0 cm³/mol. The van der Waals surface area contributed by atoms with E-state index in [0.717, 1.165) is 0 Å². The summed E-state index contributed by atoms with van der Waals surface area (Å²) in [6.45, 7) is 0. The Hall–Kier alpha value is -1.17. The molecule has 18 heteroatoms. The Kier molecular flexibility index (Phi) is 6.15. The van der Waals surface area contributed by atoms with Crippen molar-refractivity contribution >= 4 is 0 Å². The van der Waals surface area contributed by atoms with Gasteiger partial charge in [0.25, 0.3) is 0 Å². The lowest BCUT2D eigenvalue weighted by Crippen LogP contribution is -2.75. The molecule has 27 heavy (non-hydrogen) atoms. The van der Waals surface area contributed by atoms with Gasteiger partial charge in [0.2, 0.25) is 5.60 Å². The maximum atomic E-state index is 13.1. The lowest BCUT2D eigenvalue weighted by molar-refractivity contribution is -0.427. The molecule has 0 saturated heterocycles. The first-order chi connectivity index (χ1) is 11.3. The Morgan fingerprint density at radius 3 is 0.963 bits per heavy atom. The van der Waals surface area contributed by atoms with Crippen LogP contribution in [0.5, 0.6) is 0 Å². The van der Waals surface area contributed by atoms with E-state index < -0.39 is 54.1 Å². The van der Waals surface area contributed by atoms with Crippen molar-refractivity contribution in [2.24, 2.45) is 0 Å². The van der Waals surface area contributed by atoms with Crippen molar-refractivity contribution in [3.05, 3.63) is 0 Å². The predicted octanol–water partition coefficient (Wildman–Crippen LogP) is 3.03. The van der Waals surface area contributed by atoms with Crippen molar-refractivity contribution in [3.8, 4) is 0 Å². The zero-order valence-corrected chi connectivity index (χ0v) is 11.7. The van der Waals surface area contributed by atoms with E-state index in [4.69, 9.17) is 15.3 Å². The third-order valence-electron chi connectivity index (χ3n) is 3.13. The second-order valence-corrected chi connectivity index (χ2v) is 4.94. The minimum Gasteiger partial charge on any atom is -0.383 e. The average Bonchev–Trinajstić information content (AvgIpc) is 2.40. The average molecular weight is 446 g/mol. The van der Waals surface area contributed by atoms with Crippen molar-refractivity contribution < 1.29 is 81.2 Å². The van der Waals surface area contributed by atoms with E-state index in [1.165, 1.54) is 0 Å². The van der Waals surface area contributed by atoms with Gasteiger partial charge in [0, 0.05) is 0 Å². The highest BCUT2D eigenvalue weighted by Gasteiger charge is 2.84. The molecular formula is C9H5F15O3. The minimum atomic E-state index is -7.66. The molecule has 0 radical (unpaired) electrons. The fourth-order valence-corrected chi connectivity index (χ4v) is 1.53. The zero-order valence-electron chi connectivity index (χ0n) is 11.7. The summed E-state index contributed by atoms with van der Waals surface area (Å²) in [5, 5.41) is 25.8. The van der Waals surface area contributed by atoms with Crippen molar-refractivity contribution in [1.29, 1.82) is 0 Å². The molecule has 0 aliphatic heterocycles. The van der Waals surface area contributed by atoms with Crippen LogP contribution in [0, 0.1) is 0 Å². The molecule has 0 aromatic carbocycles. The van der Waals surface area contributed by atoms with E-state index in [0.29, 0.717) is 0 Å². The highest BCUT2D eigenvalue weighted by Crippen LogP contribution is 2.54. The molecule has 0 aromatic rings. The molecule has 3 nitrogen and oxygen atoms in total. The Labute approximate surface area is 137 Å². The number of halogens is 15. The number of hydrogen-bond donors (Lipinski definition) is 3. The van der Waals surface area contributed by atoms with Gasteiger partial charge in [0.15, 0.2) is 12.2 Å². The number of alkyl halides is 15. The molecule has 0 bridgehead atoms. The largest absolute Gasteiger partial charge is 0.459 e. The Morgan fingerprint density at radius 1 is 0.444 bits per heavy atom. The highest BCUT2D eigenvalue weighted by atomic mass is 19.4. The van der Waals surface area contributed by atoms with Crippen LogP contribution in [0.2, 0.25) is 0 Å². The summed E-state index contributed by atoms with van der Waals surface area (Å²) in [6, 6.07) is 0. The summed E-state index contributed by atoms with van der Waals surface area (Å²) < 4.78 is 187. The maximum Gasteiger partial charge on any atom is 0.459 e. The van der Waals surface area contributed by atoms with Gasteiger partial charge in [-0.1, -0.05) is 0 Å². The third-order valence-corrected chi connectivity index (χ3v) is 3.13. The molecular weight excluding hydrogens is 441 g/mol. The van der Waals surface area contributed by atoms with E-state index in [2.05, 4.69) is 0 Å². The van der Waals surface area contributed by atoms with Crippen LogP contribution in [0.3, 0.4) is 0 Å². The number of aliphatic hydroxyl groups is 3. The second kappa shape index (κ2) is 6.43. The quantitative estimate of drug-likeness (QED) is 0.570. The zero-order chi connectivity index (χ0) is 22.7. The monoisotopic (exact) mass is 446 g/mol. The van der Waals surface area contributed by atoms with Crippen molar-refractivity contribution in [2.75, 3.05) is 0 Å². The summed E-state index contributed by atoms with van der Waals surface area (Å²) in [7, 11) is 0. The molecule has 0 spiro atoms. The molecule has 0 heterocycles. The van der Waals surface area contributed by atoms with E-state index in [1.54, 1.807) is 0 Å². The van der Waals surface area contributed by atoms with Crippen LogP contribution in [-0.2, 0) is 0 Å². The van der Waals surface area contributed by atoms with E-state index >= 15 is 0 Å². The van der Waals surface area contributed by atoms with Gasteiger partial charge in [-0.3, -0.25) is 0 Å². The maximum absolute atomic E-state index is 13.1. The second-order valence-electron chi connectivity index (χ2n) is 4.94. The summed E-state index contributed by atoms with van der Waals surface area (Å²) in [5.74, 6) is -22.4. The summed E-state index contributed by atoms with van der Waals surface area (Å²) in [6.07, 6.45) is -34.0. The fraction of sp³-hybridized carbons (Fsp3) is 1.00. The van der Waals surface area contributed by atoms with Crippen LogP contribution < -0.4 is 0 Å². The minimum absolute atomic E-state index is 5.87. The number of hydrogen-bond acceptors (Lipinski definition) is 3. The molecule has 3 N–H and O–H groups in total. The summed E-state index contributed by atoms with van der Waals surface area (Å²) in [4.78, 5) is 0. The van der Waals surface area contributed by atoms with E-state index in [1.807, 2.05) is 0 Å². The van der Waals surface area contributed by atoms with Crippen molar-refractivity contribution in [3.63, 3.8) is 0 Å². The Morgan fingerprint density at radius 2 is 0.741 bits per heavy atom. The molecule has 0 fully saturated rings. The molecule has 0 aromatic heterocycles. The normalized spacial score (nSPS) is 20.2. The van der Waals surface area contributed by atoms with Crippen LogP contribution >= 0.6 is 0 Å². The van der Waals surface area contributed by atoms with Crippen LogP contribution in [0.15, 0.2) is 0 Å². The first-order valence-electron chi connectivity index (χ1n) is 5.73. The Balaban J connectivity index is 6.66. The Bertz CT molecular complexity index is 532. The van der Waals surface area contributed by atoms with Crippen molar-refractivity contribution in [1.82, 2.24) is 0 Å². The van der Waals surface area contributed by atoms with E-state index in [9.17, 15) is 65.9 Å². The number of aliphatic hydroxyl groups excluding tert-OH is 2. The van der Waals surface area contributed by atoms with Gasteiger partial charge in [0.1, 0.15) is 0 Å². The lowest BCUT2D eigenvalue weighted by Gasteiger charge is -2.44. The summed E-state index contributed by atoms with van der Waals surface area (Å²) in [5.41, 5.74) is -6.88. The molecule has 164 valence electrons. The molecule has 0 saturated carbocycles. The first kappa shape index (κ1) is 25.8. The van der Waals surface area contributed by atoms with Crippen LogP contribution in [-0.4, -0.2) is 69.4 Å². The van der Waals surface area contributed by atoms with E-state index in [-0.39, 0.29) is 0 Å². The van der Waals surface area contributed by atoms with Gasteiger partial charge in [-0.15, -0.1) is 0 Å².